The van der Waals surface area contributed by atoms with Crippen LogP contribution in [0.15, 0.2) is 24.3 Å². The van der Waals surface area contributed by atoms with Crippen molar-refractivity contribution in [3.8, 4) is 5.75 Å². The van der Waals surface area contributed by atoms with Crippen molar-refractivity contribution < 1.29 is 9.53 Å². The first-order valence-corrected chi connectivity index (χ1v) is 6.84. The molecular formula is C14H20ClNO2. The van der Waals surface area contributed by atoms with Crippen LogP contribution in [-0.2, 0) is 11.2 Å². The first kappa shape index (κ1) is 14.8. The van der Waals surface area contributed by atoms with Crippen LogP contribution in [0.2, 0.25) is 0 Å². The van der Waals surface area contributed by atoms with Crippen LogP contribution in [-0.4, -0.2) is 24.9 Å². The zero-order chi connectivity index (χ0) is 13.2. The van der Waals surface area contributed by atoms with Crippen LogP contribution in [0.1, 0.15) is 25.3 Å². The molecule has 1 aromatic rings. The van der Waals surface area contributed by atoms with Gasteiger partial charge in [0.15, 0.2) is 0 Å². The van der Waals surface area contributed by atoms with Gasteiger partial charge in [-0.25, -0.2) is 0 Å². The second kappa shape index (κ2) is 8.81. The number of ether oxygens (including phenoxy) is 1. The number of benzene rings is 1. The number of hydrogen-bond donors (Lipinski definition) is 1. The maximum atomic E-state index is 11.3. The fourth-order valence-corrected chi connectivity index (χ4v) is 1.63. The minimum Gasteiger partial charge on any atom is -0.492 e. The summed E-state index contributed by atoms with van der Waals surface area (Å²) in [6.07, 6.45) is 2.22. The van der Waals surface area contributed by atoms with E-state index in [4.69, 9.17) is 16.3 Å². The summed E-state index contributed by atoms with van der Waals surface area (Å²) in [7, 11) is 0. The first-order valence-electron chi connectivity index (χ1n) is 6.30. The van der Waals surface area contributed by atoms with Gasteiger partial charge in [0.05, 0.1) is 6.54 Å². The first-order chi connectivity index (χ1) is 8.76. The number of rotatable bonds is 8. The summed E-state index contributed by atoms with van der Waals surface area (Å²) < 4.78 is 5.52. The van der Waals surface area contributed by atoms with Gasteiger partial charge in [-0.05, 0) is 30.5 Å². The summed E-state index contributed by atoms with van der Waals surface area (Å²) in [6, 6.07) is 8.01. The molecule has 0 aromatic heterocycles. The third-order valence-electron chi connectivity index (χ3n) is 2.56. The van der Waals surface area contributed by atoms with E-state index in [1.54, 1.807) is 0 Å². The number of carbonyl (C=O) groups is 1. The molecular weight excluding hydrogens is 250 g/mol. The molecule has 4 heteroatoms. The van der Waals surface area contributed by atoms with Crippen molar-refractivity contribution in [2.45, 2.75) is 26.2 Å². The van der Waals surface area contributed by atoms with Gasteiger partial charge < -0.3 is 10.1 Å². The molecule has 1 rings (SSSR count). The van der Waals surface area contributed by atoms with Crippen LogP contribution in [0.4, 0.5) is 0 Å². The predicted octanol–water partition coefficient (Wildman–Crippen LogP) is 2.76. The van der Waals surface area contributed by atoms with Crippen LogP contribution in [0.25, 0.3) is 0 Å². The molecule has 1 aromatic carbocycles. The molecule has 0 spiro atoms. The summed E-state index contributed by atoms with van der Waals surface area (Å²) in [5, 5.41) is 2.79. The summed E-state index contributed by atoms with van der Waals surface area (Å²) in [4.78, 5) is 11.3. The largest absolute Gasteiger partial charge is 0.492 e. The SMILES string of the molecule is CCc1ccc(OCCNC(=O)CCCCl)cc1. The molecule has 0 saturated heterocycles. The highest BCUT2D eigenvalue weighted by Crippen LogP contribution is 2.11. The van der Waals surface area contributed by atoms with Crippen LogP contribution >= 0.6 is 11.6 Å². The Morgan fingerprint density at radius 2 is 2.06 bits per heavy atom. The van der Waals surface area contributed by atoms with Crippen molar-refractivity contribution in [3.63, 3.8) is 0 Å². The number of carbonyl (C=O) groups excluding carboxylic acids is 1. The van der Waals surface area contributed by atoms with E-state index in [-0.39, 0.29) is 5.91 Å². The van der Waals surface area contributed by atoms with Crippen LogP contribution in [0.3, 0.4) is 0 Å². The van der Waals surface area contributed by atoms with Crippen molar-refractivity contribution in [1.29, 1.82) is 0 Å². The Labute approximate surface area is 113 Å². The Kier molecular flexibility index (Phi) is 7.26. The van der Waals surface area contributed by atoms with Crippen molar-refractivity contribution in [1.82, 2.24) is 5.32 Å². The molecule has 1 N–H and O–H groups in total. The monoisotopic (exact) mass is 269 g/mol. The Morgan fingerprint density at radius 3 is 2.67 bits per heavy atom. The van der Waals surface area contributed by atoms with Gasteiger partial charge in [-0.2, -0.15) is 0 Å². The number of amides is 1. The van der Waals surface area contributed by atoms with E-state index in [0.29, 0.717) is 31.9 Å². The minimum absolute atomic E-state index is 0.0283. The highest BCUT2D eigenvalue weighted by atomic mass is 35.5. The number of aryl methyl sites for hydroxylation is 1. The maximum Gasteiger partial charge on any atom is 0.220 e. The highest BCUT2D eigenvalue weighted by molar-refractivity contribution is 6.17. The Bertz CT molecular complexity index is 351. The topological polar surface area (TPSA) is 38.3 Å². The average Bonchev–Trinajstić information content (AvgIpc) is 2.42. The molecule has 0 aliphatic heterocycles. The van der Waals surface area contributed by atoms with Gasteiger partial charge in [-0.15, -0.1) is 11.6 Å². The number of hydrogen-bond acceptors (Lipinski definition) is 2. The van der Waals surface area contributed by atoms with Gasteiger partial charge in [0, 0.05) is 12.3 Å². The van der Waals surface area contributed by atoms with Crippen molar-refractivity contribution >= 4 is 17.5 Å². The smallest absolute Gasteiger partial charge is 0.220 e. The Balaban J connectivity index is 2.15. The third-order valence-corrected chi connectivity index (χ3v) is 2.83. The molecule has 3 nitrogen and oxygen atoms in total. The summed E-state index contributed by atoms with van der Waals surface area (Å²) in [6.45, 7) is 3.13. The van der Waals surface area contributed by atoms with Crippen molar-refractivity contribution in [3.05, 3.63) is 29.8 Å². The predicted molar refractivity (Wildman–Crippen MR) is 74.3 cm³/mol. The van der Waals surface area contributed by atoms with E-state index in [1.165, 1.54) is 5.56 Å². The minimum atomic E-state index is 0.0283. The Hall–Kier alpha value is -1.22. The van der Waals surface area contributed by atoms with E-state index in [0.717, 1.165) is 12.2 Å². The van der Waals surface area contributed by atoms with Crippen LogP contribution in [0.5, 0.6) is 5.75 Å². The molecule has 0 aliphatic rings. The molecule has 0 atom stereocenters. The molecule has 1 amide bonds. The lowest BCUT2D eigenvalue weighted by atomic mass is 10.2. The molecule has 0 radical (unpaired) electrons. The number of nitrogens with one attached hydrogen (secondary N) is 1. The molecule has 0 unspecified atom stereocenters. The number of halogens is 1. The zero-order valence-corrected chi connectivity index (χ0v) is 11.5. The van der Waals surface area contributed by atoms with Gasteiger partial charge in [0.2, 0.25) is 5.91 Å². The van der Waals surface area contributed by atoms with Gasteiger partial charge in [-0.1, -0.05) is 19.1 Å². The molecule has 0 fully saturated rings. The molecule has 0 bridgehead atoms. The highest BCUT2D eigenvalue weighted by Gasteiger charge is 1.99. The lowest BCUT2D eigenvalue weighted by Gasteiger charge is -2.08. The average molecular weight is 270 g/mol. The van der Waals surface area contributed by atoms with Crippen molar-refractivity contribution in [2.24, 2.45) is 0 Å². The maximum absolute atomic E-state index is 11.3. The lowest BCUT2D eigenvalue weighted by Crippen LogP contribution is -2.27. The second-order valence-electron chi connectivity index (χ2n) is 3.99. The number of alkyl halides is 1. The van der Waals surface area contributed by atoms with E-state index in [2.05, 4.69) is 12.2 Å². The van der Waals surface area contributed by atoms with Gasteiger partial charge in [0.1, 0.15) is 12.4 Å². The molecule has 0 saturated carbocycles. The molecule has 0 heterocycles. The van der Waals surface area contributed by atoms with Gasteiger partial charge in [-0.3, -0.25) is 4.79 Å². The molecule has 0 aliphatic carbocycles. The van der Waals surface area contributed by atoms with E-state index in [1.807, 2.05) is 24.3 Å². The Morgan fingerprint density at radius 1 is 1.33 bits per heavy atom. The normalized spacial score (nSPS) is 10.1. The van der Waals surface area contributed by atoms with E-state index < -0.39 is 0 Å². The summed E-state index contributed by atoms with van der Waals surface area (Å²) >= 11 is 5.51. The second-order valence-corrected chi connectivity index (χ2v) is 4.37. The van der Waals surface area contributed by atoms with Gasteiger partial charge in [0.25, 0.3) is 0 Å². The summed E-state index contributed by atoms with van der Waals surface area (Å²) in [5.41, 5.74) is 1.29. The van der Waals surface area contributed by atoms with Gasteiger partial charge >= 0.3 is 0 Å². The molecule has 18 heavy (non-hydrogen) atoms. The van der Waals surface area contributed by atoms with E-state index in [9.17, 15) is 4.79 Å². The van der Waals surface area contributed by atoms with Crippen molar-refractivity contribution in [2.75, 3.05) is 19.0 Å². The van der Waals surface area contributed by atoms with E-state index >= 15 is 0 Å². The zero-order valence-electron chi connectivity index (χ0n) is 10.7. The fourth-order valence-electron chi connectivity index (χ4n) is 1.50. The molecule has 100 valence electrons. The standard InChI is InChI=1S/C14H20ClNO2/c1-2-12-5-7-13(8-6-12)18-11-10-16-14(17)4-3-9-15/h5-8H,2-4,9-11H2,1H3,(H,16,17). The third kappa shape index (κ3) is 5.92. The van der Waals surface area contributed by atoms with Crippen LogP contribution < -0.4 is 10.1 Å². The lowest BCUT2D eigenvalue weighted by molar-refractivity contribution is -0.121. The fraction of sp³-hybridized carbons (Fsp3) is 0.500. The quantitative estimate of drug-likeness (QED) is 0.582. The van der Waals surface area contributed by atoms with Crippen LogP contribution in [0, 0.1) is 0 Å². The summed E-state index contributed by atoms with van der Waals surface area (Å²) in [5.74, 6) is 1.39.